The third-order valence-corrected chi connectivity index (χ3v) is 23.1. The third-order valence-electron chi connectivity index (χ3n) is 19.5. The van der Waals surface area contributed by atoms with Crippen molar-refractivity contribution in [3.63, 3.8) is 0 Å². The summed E-state index contributed by atoms with van der Waals surface area (Å²) in [7, 11) is -11.0. The highest BCUT2D eigenvalue weighted by molar-refractivity contribution is 7.92. The van der Waals surface area contributed by atoms with Gasteiger partial charge in [-0.15, -0.1) is 0 Å². The number of aromatic nitrogens is 4. The summed E-state index contributed by atoms with van der Waals surface area (Å²) in [6.07, 6.45) is 16.2. The van der Waals surface area contributed by atoms with Crippen LogP contribution in [0.3, 0.4) is 0 Å². The summed E-state index contributed by atoms with van der Waals surface area (Å²) >= 11 is 0. The van der Waals surface area contributed by atoms with Crippen molar-refractivity contribution in [1.29, 1.82) is 0 Å². The molecular weight excluding hydrogens is 1060 g/mol. The molecule has 2 aromatic heterocycles. The van der Waals surface area contributed by atoms with Gasteiger partial charge in [0.25, 0.3) is 0 Å². The molecule has 0 amide bonds. The zero-order chi connectivity index (χ0) is 54.3. The molecule has 2 aliphatic heterocycles. The Labute approximate surface area is 453 Å². The largest absolute Gasteiger partial charge is 0.399 e. The second-order valence-corrected chi connectivity index (χ2v) is 29.4. The lowest BCUT2D eigenvalue weighted by Gasteiger charge is -2.61. The molecule has 78 heavy (non-hydrogen) atoms. The number of nitrogen functional groups attached to an aromatic ring is 1. The Kier molecular flexibility index (Phi) is 12.5. The maximum absolute atomic E-state index is 15.0. The Bertz CT molecular complexity index is 3640. The van der Waals surface area contributed by atoms with Gasteiger partial charge >= 0.3 is 0 Å². The van der Waals surface area contributed by atoms with Crippen molar-refractivity contribution in [3.8, 4) is 22.5 Å². The van der Waals surface area contributed by atoms with E-state index in [1.165, 1.54) is 36.4 Å². The number of benzene rings is 4. The highest BCUT2D eigenvalue weighted by Gasteiger charge is 2.60. The van der Waals surface area contributed by atoms with E-state index in [0.29, 0.717) is 47.2 Å². The second kappa shape index (κ2) is 18.8. The van der Waals surface area contributed by atoms with E-state index in [1.54, 1.807) is 61.4 Å². The first-order valence-corrected chi connectivity index (χ1v) is 32.0. The standard InChI is InChI=1S/C29H33FN4O5S2.C28H31FN4O3S/c1-40(36,37)32-20-5-7-21(8-6-20)41(38,39)33-28-18-9-17-10-19(28)14-29(12-17,13-18)26(35)11-24-27-22(3-2-4-23(27)30)25-15-31-16-34(24)25;29-22-3-1-2-21-24-14-31-15-33(24)23(26(21)22)10-25(34)28-11-16-8-17(12-28)27(18(9-16)13-28)32-37(35,36)20-6-4-19(30)5-7-20/h2-8,15-19,24,26,28,32-33,35H,9-14H2,1H3;1-7,14-18,23,25,27,32,34H,8-13,30H2. The highest BCUT2D eigenvalue weighted by atomic mass is 32.2. The Balaban J connectivity index is 0.000000149. The van der Waals surface area contributed by atoms with Gasteiger partial charge in [0.05, 0.1) is 76.8 Å². The summed E-state index contributed by atoms with van der Waals surface area (Å²) in [5, 5.41) is 23.6. The zero-order valence-electron chi connectivity index (χ0n) is 43.0. The number of rotatable bonds is 14. The molecule has 8 saturated carbocycles. The van der Waals surface area contributed by atoms with Crippen molar-refractivity contribution in [2.45, 2.75) is 123 Å². The number of aliphatic hydroxyl groups excluding tert-OH is 2. The fourth-order valence-corrected chi connectivity index (χ4v) is 20.1. The molecule has 8 bridgehead atoms. The number of anilines is 2. The Morgan fingerprint density at radius 3 is 1.40 bits per heavy atom. The number of hydrogen-bond donors (Lipinski definition) is 6. The Morgan fingerprint density at radius 2 is 1.00 bits per heavy atom. The van der Waals surface area contributed by atoms with Gasteiger partial charge in [0.2, 0.25) is 30.1 Å². The average Bonchev–Trinajstić information content (AvgIpc) is 4.25. The predicted molar refractivity (Wildman–Crippen MR) is 289 cm³/mol. The smallest absolute Gasteiger partial charge is 0.240 e. The van der Waals surface area contributed by atoms with Gasteiger partial charge in [0.1, 0.15) is 11.6 Å². The summed E-state index contributed by atoms with van der Waals surface area (Å²) < 4.78 is 118. The first kappa shape index (κ1) is 51.9. The molecule has 21 heteroatoms. The minimum absolute atomic E-state index is 0.0816. The van der Waals surface area contributed by atoms with Crippen LogP contribution < -0.4 is 19.9 Å². The molecule has 412 valence electrons. The van der Waals surface area contributed by atoms with Crippen LogP contribution in [0.25, 0.3) is 22.5 Å². The number of nitrogens with zero attached hydrogens (tertiary/aromatic N) is 4. The van der Waals surface area contributed by atoms with Gasteiger partial charge in [-0.3, -0.25) is 4.72 Å². The molecule has 8 fully saturated rings. The van der Waals surface area contributed by atoms with E-state index < -0.39 is 42.3 Å². The van der Waals surface area contributed by atoms with Crippen LogP contribution in [0.2, 0.25) is 0 Å². The molecule has 6 aromatic rings. The fraction of sp³-hybridized carbons (Fsp3) is 0.474. The van der Waals surface area contributed by atoms with Crippen molar-refractivity contribution in [1.82, 2.24) is 28.5 Å². The lowest BCUT2D eigenvalue weighted by atomic mass is 9.46. The fourth-order valence-electron chi connectivity index (χ4n) is 16.8. The molecule has 8 aliphatic carbocycles. The molecule has 0 saturated heterocycles. The van der Waals surface area contributed by atoms with Crippen LogP contribution in [-0.2, 0) is 30.1 Å². The maximum atomic E-state index is 15.0. The summed E-state index contributed by atoms with van der Waals surface area (Å²) in [5.41, 5.74) is 10.6. The molecule has 0 spiro atoms. The summed E-state index contributed by atoms with van der Waals surface area (Å²) in [6, 6.07) is 21.2. The lowest BCUT2D eigenvalue weighted by Crippen LogP contribution is -2.61. The minimum atomic E-state index is -3.83. The SMILES string of the molecule is CS(=O)(=O)Nc1ccc(S(=O)(=O)NC2C3CC4CC2CC(C(O)CC2c5c(F)cccc5-c5cncn52)(C4)C3)cc1.Nc1ccc(S(=O)(=O)NC2C3CC4CC2CC(C(O)CC2c5c(F)cccc5-c5cncn52)(C4)C3)cc1. The lowest BCUT2D eigenvalue weighted by molar-refractivity contribution is -0.134. The van der Waals surface area contributed by atoms with Crippen LogP contribution >= 0.6 is 0 Å². The average molecular weight is 1120 g/mol. The van der Waals surface area contributed by atoms with Crippen molar-refractivity contribution >= 4 is 41.4 Å². The zero-order valence-corrected chi connectivity index (χ0v) is 45.4. The van der Waals surface area contributed by atoms with E-state index >= 15 is 4.39 Å². The minimum Gasteiger partial charge on any atom is -0.399 e. The van der Waals surface area contributed by atoms with E-state index in [-0.39, 0.29) is 80.1 Å². The Morgan fingerprint density at radius 1 is 0.603 bits per heavy atom. The van der Waals surface area contributed by atoms with Crippen LogP contribution in [0.4, 0.5) is 20.2 Å². The normalized spacial score (nSPS) is 31.4. The van der Waals surface area contributed by atoms with E-state index in [0.717, 1.165) is 93.0 Å². The molecular formula is C57H64F2N8O8S3. The summed E-state index contributed by atoms with van der Waals surface area (Å²) in [4.78, 5) is 8.86. The number of hydrogen-bond acceptors (Lipinski definition) is 11. The van der Waals surface area contributed by atoms with Crippen LogP contribution in [-0.4, -0.2) is 85.1 Å². The van der Waals surface area contributed by atoms with E-state index in [9.17, 15) is 39.9 Å². The van der Waals surface area contributed by atoms with Gasteiger partial charge < -0.3 is 25.1 Å². The molecule has 8 atom stereocenters. The number of fused-ring (bicyclic) bond motifs is 6. The number of nitrogens with two attached hydrogens (primary N) is 1. The summed E-state index contributed by atoms with van der Waals surface area (Å²) in [5.74, 6) is 0.967. The van der Waals surface area contributed by atoms with E-state index in [2.05, 4.69) is 24.1 Å². The first-order chi connectivity index (χ1) is 37.2. The van der Waals surface area contributed by atoms with Crippen LogP contribution in [0.5, 0.6) is 0 Å². The number of halogens is 2. The van der Waals surface area contributed by atoms with Crippen molar-refractivity contribution in [2.75, 3.05) is 16.7 Å². The number of imidazole rings is 2. The van der Waals surface area contributed by atoms with Crippen LogP contribution in [0, 0.1) is 58.0 Å². The van der Waals surface area contributed by atoms with Gasteiger partial charge in [0, 0.05) is 45.7 Å². The first-order valence-electron chi connectivity index (χ1n) is 27.1. The van der Waals surface area contributed by atoms with Crippen molar-refractivity contribution < 1.29 is 44.2 Å². The van der Waals surface area contributed by atoms with Crippen molar-refractivity contribution in [3.05, 3.63) is 133 Å². The molecule has 10 aliphatic rings. The molecule has 16 rings (SSSR count). The van der Waals surface area contributed by atoms with E-state index in [1.807, 2.05) is 21.3 Å². The maximum Gasteiger partial charge on any atom is 0.240 e. The molecule has 8 unspecified atom stereocenters. The van der Waals surface area contributed by atoms with Gasteiger partial charge in [-0.05, 0) is 184 Å². The number of sulfonamides is 3. The second-order valence-electron chi connectivity index (χ2n) is 24.2. The van der Waals surface area contributed by atoms with Gasteiger partial charge in [-0.2, -0.15) is 0 Å². The molecule has 16 nitrogen and oxygen atoms in total. The summed E-state index contributed by atoms with van der Waals surface area (Å²) in [6.45, 7) is 0. The predicted octanol–water partition coefficient (Wildman–Crippen LogP) is 7.99. The quantitative estimate of drug-likeness (QED) is 0.0572. The molecule has 4 aromatic carbocycles. The molecule has 4 heterocycles. The molecule has 7 N–H and O–H groups in total. The van der Waals surface area contributed by atoms with Crippen LogP contribution in [0.15, 0.2) is 120 Å². The van der Waals surface area contributed by atoms with E-state index in [4.69, 9.17) is 5.73 Å². The van der Waals surface area contributed by atoms with Crippen molar-refractivity contribution in [2.24, 2.45) is 46.3 Å². The topological polar surface area (TPSA) is 241 Å². The number of nitrogens with one attached hydrogen (secondary N) is 3. The number of aliphatic hydroxyl groups is 2. The van der Waals surface area contributed by atoms with Gasteiger partial charge in [-0.25, -0.2) is 53.4 Å². The Hall–Kier alpha value is -5.55. The van der Waals surface area contributed by atoms with Gasteiger partial charge in [0.15, 0.2) is 0 Å². The monoisotopic (exact) mass is 1120 g/mol. The van der Waals surface area contributed by atoms with Crippen LogP contribution in [0.1, 0.15) is 100 Å². The highest BCUT2D eigenvalue weighted by Crippen LogP contribution is 2.64. The third kappa shape index (κ3) is 8.90. The van der Waals surface area contributed by atoms with Gasteiger partial charge in [-0.1, -0.05) is 24.3 Å². The molecule has 0 radical (unpaired) electrons.